The smallest absolute Gasteiger partial charge is 0.153 e. The van der Waals surface area contributed by atoms with Gasteiger partial charge < -0.3 is 14.6 Å². The van der Waals surface area contributed by atoms with E-state index in [9.17, 15) is 5.11 Å². The Hall–Kier alpha value is -1.36. The van der Waals surface area contributed by atoms with Gasteiger partial charge in [-0.25, -0.2) is 4.98 Å². The van der Waals surface area contributed by atoms with E-state index in [-0.39, 0.29) is 0 Å². The first-order chi connectivity index (χ1) is 11.2. The van der Waals surface area contributed by atoms with Crippen LogP contribution in [0.1, 0.15) is 41.8 Å². The lowest BCUT2D eigenvalue weighted by atomic mass is 10.1. The van der Waals surface area contributed by atoms with Crippen molar-refractivity contribution in [2.24, 2.45) is 0 Å². The van der Waals surface area contributed by atoms with Crippen LogP contribution in [-0.2, 0) is 13.0 Å². The average molecular weight is 334 g/mol. The highest BCUT2D eigenvalue weighted by Crippen LogP contribution is 2.18. The Balaban J connectivity index is 1.59. The van der Waals surface area contributed by atoms with Crippen LogP contribution in [-0.4, -0.2) is 39.2 Å². The molecule has 0 spiro atoms. The fraction of sp³-hybridized carbons (Fsp3) is 0.500. The topological polar surface area (TPSA) is 41.3 Å². The van der Waals surface area contributed by atoms with Gasteiger partial charge in [-0.3, -0.25) is 0 Å². The van der Waals surface area contributed by atoms with Crippen LogP contribution in [0.25, 0.3) is 0 Å². The van der Waals surface area contributed by atoms with Crippen molar-refractivity contribution in [2.45, 2.75) is 37.8 Å². The summed E-state index contributed by atoms with van der Waals surface area (Å²) in [6.07, 6.45) is 8.77. The van der Waals surface area contributed by atoms with E-state index >= 15 is 0 Å². The van der Waals surface area contributed by atoms with Gasteiger partial charge in [0.2, 0.25) is 0 Å². The molecule has 2 aromatic rings. The van der Waals surface area contributed by atoms with E-state index in [0.717, 1.165) is 30.9 Å². The number of halogens is 1. The molecule has 1 aliphatic heterocycles. The van der Waals surface area contributed by atoms with Gasteiger partial charge in [-0.1, -0.05) is 42.3 Å². The molecule has 0 bridgehead atoms. The van der Waals surface area contributed by atoms with Gasteiger partial charge in [0, 0.05) is 31.9 Å². The lowest BCUT2D eigenvalue weighted by Crippen LogP contribution is -2.32. The lowest BCUT2D eigenvalue weighted by Gasteiger charge is -2.26. The number of alkyl halides is 1. The predicted octanol–water partition coefficient (Wildman–Crippen LogP) is 3.19. The molecule has 3 rings (SSSR count). The second kappa shape index (κ2) is 7.95. The molecule has 0 amide bonds. The summed E-state index contributed by atoms with van der Waals surface area (Å²) in [6.45, 7) is 4.55. The summed E-state index contributed by atoms with van der Waals surface area (Å²) in [5.41, 5.74) is 0.968. The van der Waals surface area contributed by atoms with Crippen LogP contribution in [0.5, 0.6) is 0 Å². The first-order valence-electron chi connectivity index (χ1n) is 8.36. The van der Waals surface area contributed by atoms with E-state index in [4.69, 9.17) is 11.6 Å². The Kier molecular flexibility index (Phi) is 5.70. The van der Waals surface area contributed by atoms with Crippen LogP contribution < -0.4 is 0 Å². The number of nitrogens with zero attached hydrogens (tertiary/aromatic N) is 3. The fourth-order valence-corrected chi connectivity index (χ4v) is 3.27. The summed E-state index contributed by atoms with van der Waals surface area (Å²) in [5.74, 6) is 1.08. The van der Waals surface area contributed by atoms with Gasteiger partial charge in [-0.15, -0.1) is 0 Å². The van der Waals surface area contributed by atoms with E-state index in [1.165, 1.54) is 37.9 Å². The second-order valence-corrected chi connectivity index (χ2v) is 6.61. The Morgan fingerprint density at radius 2 is 1.83 bits per heavy atom. The molecule has 1 fully saturated rings. The standard InChI is InChI=1S/C18H24ClN3O/c19-18(23)16-6-4-15(5-7-16)14-17-20-8-11-22(17)13-12-21-9-2-1-3-10-21/h4-8,11,18,23H,1-3,9-10,12-14H2. The minimum absolute atomic E-state index is 0.726. The maximum Gasteiger partial charge on any atom is 0.153 e. The Morgan fingerprint density at radius 1 is 1.09 bits per heavy atom. The molecule has 5 heteroatoms. The van der Waals surface area contributed by atoms with E-state index in [1.54, 1.807) is 0 Å². The Bertz CT molecular complexity index is 603. The molecule has 4 nitrogen and oxygen atoms in total. The number of hydrogen-bond acceptors (Lipinski definition) is 3. The van der Waals surface area contributed by atoms with Crippen molar-refractivity contribution in [1.29, 1.82) is 0 Å². The molecule has 1 aliphatic rings. The molecule has 0 aliphatic carbocycles. The third kappa shape index (κ3) is 4.56. The number of imidazole rings is 1. The van der Waals surface area contributed by atoms with Gasteiger partial charge in [0.1, 0.15) is 5.82 Å². The third-order valence-corrected chi connectivity index (χ3v) is 4.78. The zero-order valence-corrected chi connectivity index (χ0v) is 14.1. The van der Waals surface area contributed by atoms with Crippen LogP contribution >= 0.6 is 11.6 Å². The summed E-state index contributed by atoms with van der Waals surface area (Å²) in [6, 6.07) is 7.75. The molecule has 1 unspecified atom stereocenters. The number of aliphatic hydroxyl groups is 1. The highest BCUT2D eigenvalue weighted by atomic mass is 35.5. The molecule has 2 heterocycles. The van der Waals surface area contributed by atoms with Crippen LogP contribution in [0.2, 0.25) is 0 Å². The first-order valence-corrected chi connectivity index (χ1v) is 8.79. The normalized spacial score (nSPS) is 17.3. The molecule has 23 heavy (non-hydrogen) atoms. The van der Waals surface area contributed by atoms with E-state index in [0.29, 0.717) is 0 Å². The Labute approximate surface area is 142 Å². The van der Waals surface area contributed by atoms with Crippen LogP contribution in [0, 0.1) is 0 Å². The number of rotatable bonds is 6. The molecule has 1 aromatic carbocycles. The van der Waals surface area contributed by atoms with Crippen molar-refractivity contribution in [2.75, 3.05) is 19.6 Å². The number of piperidine rings is 1. The SMILES string of the molecule is OC(Cl)c1ccc(Cc2nccn2CCN2CCCCC2)cc1. The second-order valence-electron chi connectivity index (χ2n) is 6.19. The lowest BCUT2D eigenvalue weighted by molar-refractivity contribution is 0.220. The molecule has 1 aromatic heterocycles. The van der Waals surface area contributed by atoms with Crippen molar-refractivity contribution < 1.29 is 5.11 Å². The minimum atomic E-state index is -0.935. The van der Waals surface area contributed by atoms with Crippen molar-refractivity contribution >= 4 is 11.6 Å². The van der Waals surface area contributed by atoms with Gasteiger partial charge in [0.25, 0.3) is 0 Å². The Morgan fingerprint density at radius 3 is 2.52 bits per heavy atom. The number of aromatic nitrogens is 2. The van der Waals surface area contributed by atoms with Gasteiger partial charge >= 0.3 is 0 Å². The first kappa shape index (κ1) is 16.5. The maximum atomic E-state index is 9.35. The van der Waals surface area contributed by atoms with Crippen molar-refractivity contribution in [3.05, 3.63) is 53.6 Å². The molecule has 124 valence electrons. The van der Waals surface area contributed by atoms with Crippen molar-refractivity contribution in [1.82, 2.24) is 14.5 Å². The molecule has 1 atom stereocenters. The zero-order valence-electron chi connectivity index (χ0n) is 13.4. The highest BCUT2D eigenvalue weighted by molar-refractivity contribution is 6.19. The third-order valence-electron chi connectivity index (χ3n) is 4.52. The monoisotopic (exact) mass is 333 g/mol. The summed E-state index contributed by atoms with van der Waals surface area (Å²) < 4.78 is 2.25. The summed E-state index contributed by atoms with van der Waals surface area (Å²) in [4.78, 5) is 7.05. The molecular formula is C18H24ClN3O. The number of aliphatic hydroxyl groups excluding tert-OH is 1. The van der Waals surface area contributed by atoms with Gasteiger partial charge in [0.15, 0.2) is 5.56 Å². The van der Waals surface area contributed by atoms with Gasteiger partial charge in [-0.05, 0) is 37.1 Å². The van der Waals surface area contributed by atoms with Crippen molar-refractivity contribution in [3.63, 3.8) is 0 Å². The largest absolute Gasteiger partial charge is 0.373 e. The summed E-state index contributed by atoms with van der Waals surface area (Å²) >= 11 is 5.67. The molecule has 0 saturated carbocycles. The zero-order chi connectivity index (χ0) is 16.1. The number of hydrogen-bond donors (Lipinski definition) is 1. The maximum absolute atomic E-state index is 9.35. The molecule has 1 saturated heterocycles. The summed E-state index contributed by atoms with van der Waals surface area (Å²) in [7, 11) is 0. The minimum Gasteiger partial charge on any atom is -0.373 e. The van der Waals surface area contributed by atoms with Gasteiger partial charge in [-0.2, -0.15) is 0 Å². The van der Waals surface area contributed by atoms with Crippen LogP contribution in [0.4, 0.5) is 0 Å². The van der Waals surface area contributed by atoms with Crippen molar-refractivity contribution in [3.8, 4) is 0 Å². The number of likely N-dealkylation sites (tertiary alicyclic amines) is 1. The van der Waals surface area contributed by atoms with Gasteiger partial charge in [0.05, 0.1) is 0 Å². The fourth-order valence-electron chi connectivity index (χ4n) is 3.12. The van der Waals surface area contributed by atoms with E-state index in [2.05, 4.69) is 20.6 Å². The predicted molar refractivity (Wildman–Crippen MR) is 92.6 cm³/mol. The van der Waals surface area contributed by atoms with E-state index < -0.39 is 5.56 Å². The summed E-state index contributed by atoms with van der Waals surface area (Å²) in [5, 5.41) is 9.35. The molecular weight excluding hydrogens is 310 g/mol. The van der Waals surface area contributed by atoms with E-state index in [1.807, 2.05) is 30.5 Å². The number of benzene rings is 1. The molecule has 1 N–H and O–H groups in total. The van der Waals surface area contributed by atoms with Crippen LogP contribution in [0.15, 0.2) is 36.7 Å². The van der Waals surface area contributed by atoms with Crippen LogP contribution in [0.3, 0.4) is 0 Å². The highest BCUT2D eigenvalue weighted by Gasteiger charge is 2.11. The average Bonchev–Trinajstić information content (AvgIpc) is 3.01. The molecule has 0 radical (unpaired) electrons. The quantitative estimate of drug-likeness (QED) is 0.825.